The second-order valence-electron chi connectivity index (χ2n) is 21.0. The van der Waals surface area contributed by atoms with Crippen molar-refractivity contribution in [3.05, 3.63) is 36.5 Å². The maximum atomic E-state index is 12.8. The molecule has 0 aromatic carbocycles. The third-order valence-electron chi connectivity index (χ3n) is 12.9. The van der Waals surface area contributed by atoms with Crippen molar-refractivity contribution < 1.29 is 42.1 Å². The molecule has 0 spiro atoms. The number of quaternary nitrogens is 1. The quantitative estimate of drug-likeness (QED) is 0.0195. The predicted octanol–water partition coefficient (Wildman–Crippen LogP) is 17.4. The molecule has 0 aliphatic carbocycles. The van der Waals surface area contributed by atoms with E-state index in [9.17, 15) is 19.0 Å². The molecule has 0 fully saturated rings. The molecule has 2 atom stereocenters. The maximum absolute atomic E-state index is 12.8. The molecule has 0 aliphatic heterocycles. The molecule has 0 N–H and O–H groups in total. The number of hydrogen-bond acceptors (Lipinski definition) is 8. The SMILES string of the molecule is CCCCCCC/C=C\C/C=C\C/C=C\CCCCCCCCCCCCCCCCC(=O)OC(COC(=O)CCCCCCCCCCCCCCCCCC)COP(=O)([O-])OCC[N+](C)(C)C. The van der Waals surface area contributed by atoms with Crippen LogP contribution in [0.3, 0.4) is 0 Å². The van der Waals surface area contributed by atoms with Crippen molar-refractivity contribution in [1.29, 1.82) is 0 Å². The molecular weight excluding hydrogens is 882 g/mol. The van der Waals surface area contributed by atoms with Crippen LogP contribution in [-0.4, -0.2) is 70.0 Å². The number of nitrogens with zero attached hydrogens (tertiary/aromatic N) is 1. The molecule has 9 nitrogen and oxygen atoms in total. The number of likely N-dealkylation sites (N-methyl/N-ethyl adjacent to an activating group) is 1. The lowest BCUT2D eigenvalue weighted by molar-refractivity contribution is -0.870. The fourth-order valence-electron chi connectivity index (χ4n) is 8.37. The summed E-state index contributed by atoms with van der Waals surface area (Å²) >= 11 is 0. The van der Waals surface area contributed by atoms with Crippen LogP contribution in [0.25, 0.3) is 0 Å². The molecule has 406 valence electrons. The van der Waals surface area contributed by atoms with Gasteiger partial charge in [0.25, 0.3) is 7.82 Å². The van der Waals surface area contributed by atoms with Crippen molar-refractivity contribution in [1.82, 2.24) is 0 Å². The minimum atomic E-state index is -4.63. The molecule has 2 unspecified atom stereocenters. The van der Waals surface area contributed by atoms with Crippen LogP contribution < -0.4 is 4.89 Å². The van der Waals surface area contributed by atoms with E-state index in [-0.39, 0.29) is 32.0 Å². The van der Waals surface area contributed by atoms with Gasteiger partial charge in [-0.15, -0.1) is 0 Å². The normalized spacial score (nSPS) is 13.5. The van der Waals surface area contributed by atoms with E-state index in [1.54, 1.807) is 0 Å². The summed E-state index contributed by atoms with van der Waals surface area (Å²) in [6.07, 6.45) is 61.9. The Balaban J connectivity index is 4.10. The molecule has 0 bridgehead atoms. The highest BCUT2D eigenvalue weighted by Crippen LogP contribution is 2.38. The van der Waals surface area contributed by atoms with Gasteiger partial charge in [-0.05, 0) is 51.4 Å². The number of rotatable bonds is 54. The highest BCUT2D eigenvalue weighted by molar-refractivity contribution is 7.45. The molecular formula is C59H112NO8P. The van der Waals surface area contributed by atoms with Crippen molar-refractivity contribution in [2.45, 2.75) is 283 Å². The topological polar surface area (TPSA) is 111 Å². The van der Waals surface area contributed by atoms with E-state index in [2.05, 4.69) is 50.3 Å². The predicted molar refractivity (Wildman–Crippen MR) is 291 cm³/mol. The van der Waals surface area contributed by atoms with Crippen LogP contribution in [0.1, 0.15) is 277 Å². The van der Waals surface area contributed by atoms with Gasteiger partial charge in [-0.1, -0.05) is 249 Å². The number of allylic oxidation sites excluding steroid dienone is 6. The van der Waals surface area contributed by atoms with Gasteiger partial charge in [-0.2, -0.15) is 0 Å². The van der Waals surface area contributed by atoms with Crippen LogP contribution in [0.2, 0.25) is 0 Å². The van der Waals surface area contributed by atoms with Gasteiger partial charge >= 0.3 is 11.9 Å². The van der Waals surface area contributed by atoms with E-state index < -0.39 is 26.5 Å². The summed E-state index contributed by atoms with van der Waals surface area (Å²) in [5.41, 5.74) is 0. The highest BCUT2D eigenvalue weighted by Gasteiger charge is 2.22. The van der Waals surface area contributed by atoms with Gasteiger partial charge in [0.1, 0.15) is 19.8 Å². The Morgan fingerprint density at radius 3 is 1.16 bits per heavy atom. The highest BCUT2D eigenvalue weighted by atomic mass is 31.2. The molecule has 0 aliphatic rings. The lowest BCUT2D eigenvalue weighted by atomic mass is 10.0. The molecule has 0 aromatic rings. The fraction of sp³-hybridized carbons (Fsp3) is 0.864. The smallest absolute Gasteiger partial charge is 0.306 e. The summed E-state index contributed by atoms with van der Waals surface area (Å²) < 4.78 is 34.2. The standard InChI is InChI=1S/C59H112NO8P/c1-6-8-10-12-14-16-18-20-22-24-25-26-27-28-29-30-31-32-33-34-35-36-38-40-42-44-46-48-50-52-59(62)68-57(56-67-69(63,64)66-54-53-60(3,4)5)55-65-58(61)51-49-47-45-43-41-39-37-23-21-19-17-15-13-11-9-7-2/h18,20,24-25,27-28,57H,6-17,19,21-23,26,29-56H2,1-5H3/b20-18-,25-24-,28-27-. The molecule has 10 heteroatoms. The Hall–Kier alpha value is -1.77. The summed E-state index contributed by atoms with van der Waals surface area (Å²) in [7, 11) is 1.18. The van der Waals surface area contributed by atoms with Crippen LogP contribution in [0, 0.1) is 0 Å². The second-order valence-corrected chi connectivity index (χ2v) is 22.4. The summed E-state index contributed by atoms with van der Waals surface area (Å²) in [4.78, 5) is 37.8. The Bertz CT molecular complexity index is 1260. The van der Waals surface area contributed by atoms with Gasteiger partial charge in [-0.25, -0.2) is 0 Å². The number of phosphoric acid groups is 1. The van der Waals surface area contributed by atoms with Crippen molar-refractivity contribution in [2.75, 3.05) is 47.5 Å². The zero-order chi connectivity index (χ0) is 50.6. The molecule has 0 aromatic heterocycles. The summed E-state index contributed by atoms with van der Waals surface area (Å²) in [5, 5.41) is 0. The van der Waals surface area contributed by atoms with E-state index >= 15 is 0 Å². The first-order valence-electron chi connectivity index (χ1n) is 29.2. The van der Waals surface area contributed by atoms with E-state index in [0.717, 1.165) is 51.4 Å². The maximum Gasteiger partial charge on any atom is 0.306 e. The zero-order valence-corrected chi connectivity index (χ0v) is 46.9. The van der Waals surface area contributed by atoms with Gasteiger partial charge in [0.2, 0.25) is 0 Å². The fourth-order valence-corrected chi connectivity index (χ4v) is 9.10. The van der Waals surface area contributed by atoms with Crippen LogP contribution in [0.5, 0.6) is 0 Å². The summed E-state index contributed by atoms with van der Waals surface area (Å²) in [5.74, 6) is -0.820. The summed E-state index contributed by atoms with van der Waals surface area (Å²) in [6.45, 7) is 4.27. The number of hydrogen-bond donors (Lipinski definition) is 0. The number of ether oxygens (including phenoxy) is 2. The van der Waals surface area contributed by atoms with Crippen LogP contribution >= 0.6 is 7.82 Å². The van der Waals surface area contributed by atoms with Gasteiger partial charge in [0, 0.05) is 12.8 Å². The second kappa shape index (κ2) is 51.1. The Labute approximate surface area is 427 Å². The summed E-state index contributed by atoms with van der Waals surface area (Å²) in [6, 6.07) is 0. The van der Waals surface area contributed by atoms with E-state index in [1.165, 1.54) is 193 Å². The van der Waals surface area contributed by atoms with Crippen molar-refractivity contribution in [3.8, 4) is 0 Å². The Morgan fingerprint density at radius 2 is 0.783 bits per heavy atom. The molecule has 0 radical (unpaired) electrons. The van der Waals surface area contributed by atoms with Gasteiger partial charge in [0.05, 0.1) is 27.7 Å². The third-order valence-corrected chi connectivity index (χ3v) is 13.9. The first kappa shape index (κ1) is 67.2. The molecule has 0 rings (SSSR count). The van der Waals surface area contributed by atoms with Gasteiger partial charge in [0.15, 0.2) is 6.10 Å². The van der Waals surface area contributed by atoms with Crippen molar-refractivity contribution in [3.63, 3.8) is 0 Å². The molecule has 0 amide bonds. The third kappa shape index (κ3) is 55.4. The van der Waals surface area contributed by atoms with Crippen molar-refractivity contribution >= 4 is 19.8 Å². The average Bonchev–Trinajstić information content (AvgIpc) is 3.31. The van der Waals surface area contributed by atoms with E-state index in [4.69, 9.17) is 18.5 Å². The minimum Gasteiger partial charge on any atom is -0.756 e. The van der Waals surface area contributed by atoms with Crippen LogP contribution in [0.15, 0.2) is 36.5 Å². The first-order chi connectivity index (χ1) is 33.5. The Kier molecular flexibility index (Phi) is 49.8. The lowest BCUT2D eigenvalue weighted by Crippen LogP contribution is -2.37. The molecule has 0 saturated heterocycles. The van der Waals surface area contributed by atoms with Crippen LogP contribution in [0.4, 0.5) is 0 Å². The van der Waals surface area contributed by atoms with E-state index in [1.807, 2.05) is 21.1 Å². The lowest BCUT2D eigenvalue weighted by Gasteiger charge is -2.28. The van der Waals surface area contributed by atoms with Gasteiger partial charge < -0.3 is 27.9 Å². The van der Waals surface area contributed by atoms with Crippen molar-refractivity contribution in [2.24, 2.45) is 0 Å². The number of phosphoric ester groups is 1. The number of carbonyl (C=O) groups is 2. The minimum absolute atomic E-state index is 0.0289. The number of unbranched alkanes of at least 4 members (excludes halogenated alkanes) is 34. The number of carbonyl (C=O) groups excluding carboxylic acids is 2. The van der Waals surface area contributed by atoms with Gasteiger partial charge in [-0.3, -0.25) is 14.2 Å². The van der Waals surface area contributed by atoms with E-state index in [0.29, 0.717) is 17.4 Å². The molecule has 69 heavy (non-hydrogen) atoms. The molecule has 0 heterocycles. The Morgan fingerprint density at radius 1 is 0.449 bits per heavy atom. The molecule has 0 saturated carbocycles. The average molecular weight is 995 g/mol. The first-order valence-corrected chi connectivity index (χ1v) is 30.7. The zero-order valence-electron chi connectivity index (χ0n) is 46.0. The monoisotopic (exact) mass is 994 g/mol. The van der Waals surface area contributed by atoms with Crippen LogP contribution in [-0.2, 0) is 32.7 Å². The largest absolute Gasteiger partial charge is 0.756 e. The number of esters is 2.